The minimum atomic E-state index is -0.263. The summed E-state index contributed by atoms with van der Waals surface area (Å²) >= 11 is 0. The predicted octanol–water partition coefficient (Wildman–Crippen LogP) is 3.30. The molecule has 0 aromatic heterocycles. The van der Waals surface area contributed by atoms with Gasteiger partial charge in [-0.2, -0.15) is 0 Å². The van der Waals surface area contributed by atoms with Crippen molar-refractivity contribution in [2.75, 3.05) is 20.2 Å². The number of likely N-dealkylation sites (tertiary alicyclic amines) is 1. The van der Waals surface area contributed by atoms with E-state index in [1.54, 1.807) is 7.11 Å². The Morgan fingerprint density at radius 1 is 1.23 bits per heavy atom. The fourth-order valence-electron chi connectivity index (χ4n) is 4.49. The van der Waals surface area contributed by atoms with Gasteiger partial charge in [0.2, 0.25) is 11.8 Å². The van der Waals surface area contributed by atoms with Crippen LogP contribution in [0, 0.1) is 11.8 Å². The molecule has 1 saturated carbocycles. The summed E-state index contributed by atoms with van der Waals surface area (Å²) in [5, 5.41) is 3.17. The van der Waals surface area contributed by atoms with Crippen molar-refractivity contribution < 1.29 is 14.3 Å². The van der Waals surface area contributed by atoms with Crippen molar-refractivity contribution in [1.82, 2.24) is 10.2 Å². The molecule has 1 aromatic rings. The molecule has 0 bridgehead atoms. The van der Waals surface area contributed by atoms with E-state index < -0.39 is 0 Å². The van der Waals surface area contributed by atoms with Gasteiger partial charge in [-0.1, -0.05) is 31.0 Å². The molecule has 5 heteroatoms. The second kappa shape index (κ2) is 8.56. The first-order valence-corrected chi connectivity index (χ1v) is 9.85. The highest BCUT2D eigenvalue weighted by Crippen LogP contribution is 2.40. The zero-order valence-corrected chi connectivity index (χ0v) is 15.9. The third-order valence-corrected chi connectivity index (χ3v) is 5.88. The molecule has 0 unspecified atom stereocenters. The molecule has 2 aliphatic rings. The van der Waals surface area contributed by atoms with Gasteiger partial charge >= 0.3 is 0 Å². The highest BCUT2D eigenvalue weighted by Gasteiger charge is 2.41. The monoisotopic (exact) mass is 358 g/mol. The van der Waals surface area contributed by atoms with Crippen molar-refractivity contribution in [3.05, 3.63) is 29.8 Å². The maximum Gasteiger partial charge on any atom is 0.225 e. The summed E-state index contributed by atoms with van der Waals surface area (Å²) in [6.07, 6.45) is 5.98. The van der Waals surface area contributed by atoms with Crippen LogP contribution in [-0.2, 0) is 9.59 Å². The average Bonchev–Trinajstić information content (AvgIpc) is 3.19. The molecule has 1 heterocycles. The Kier molecular flexibility index (Phi) is 6.17. The van der Waals surface area contributed by atoms with Crippen LogP contribution >= 0.6 is 0 Å². The molecule has 0 radical (unpaired) electrons. The Morgan fingerprint density at radius 3 is 2.65 bits per heavy atom. The summed E-state index contributed by atoms with van der Waals surface area (Å²) in [6.45, 7) is 3.32. The number of hydrogen-bond acceptors (Lipinski definition) is 3. The minimum Gasteiger partial charge on any atom is -0.496 e. The zero-order valence-electron chi connectivity index (χ0n) is 15.9. The fraction of sp³-hybridized carbons (Fsp3) is 0.619. The molecule has 2 atom stereocenters. The van der Waals surface area contributed by atoms with Gasteiger partial charge in [0.25, 0.3) is 0 Å². The number of para-hydroxylation sites is 1. The van der Waals surface area contributed by atoms with Crippen LogP contribution < -0.4 is 10.1 Å². The van der Waals surface area contributed by atoms with Crippen molar-refractivity contribution in [1.29, 1.82) is 0 Å². The number of nitrogens with zero attached hydrogens (tertiary/aromatic N) is 1. The third kappa shape index (κ3) is 3.87. The number of benzene rings is 1. The minimum absolute atomic E-state index is 0.0683. The first-order chi connectivity index (χ1) is 12.7. The molecule has 5 nitrogen and oxygen atoms in total. The molecule has 2 amide bonds. The largest absolute Gasteiger partial charge is 0.496 e. The quantitative estimate of drug-likeness (QED) is 0.849. The van der Waals surface area contributed by atoms with Gasteiger partial charge < -0.3 is 15.0 Å². The van der Waals surface area contributed by atoms with Crippen LogP contribution in [0.25, 0.3) is 0 Å². The van der Waals surface area contributed by atoms with E-state index in [0.717, 1.165) is 17.9 Å². The number of ether oxygens (including phenoxy) is 1. The number of methoxy groups -OCH3 is 1. The van der Waals surface area contributed by atoms with Gasteiger partial charge in [-0.25, -0.2) is 0 Å². The van der Waals surface area contributed by atoms with Crippen LogP contribution in [0.3, 0.4) is 0 Å². The molecule has 1 saturated heterocycles. The molecular weight excluding hydrogens is 328 g/mol. The van der Waals surface area contributed by atoms with E-state index in [1.807, 2.05) is 36.1 Å². The molecule has 142 valence electrons. The number of rotatable bonds is 6. The second-order valence-electron chi connectivity index (χ2n) is 7.41. The van der Waals surface area contributed by atoms with Crippen molar-refractivity contribution in [2.24, 2.45) is 11.8 Å². The smallest absolute Gasteiger partial charge is 0.225 e. The Labute approximate surface area is 156 Å². The van der Waals surface area contributed by atoms with E-state index in [-0.39, 0.29) is 23.8 Å². The number of hydrogen-bond donors (Lipinski definition) is 1. The molecule has 1 aromatic carbocycles. The molecule has 1 aliphatic carbocycles. The fourth-order valence-corrected chi connectivity index (χ4v) is 4.49. The van der Waals surface area contributed by atoms with Crippen LogP contribution in [-0.4, -0.2) is 36.9 Å². The van der Waals surface area contributed by atoms with Crippen molar-refractivity contribution >= 4 is 11.8 Å². The summed E-state index contributed by atoms with van der Waals surface area (Å²) in [4.78, 5) is 27.3. The number of amides is 2. The Morgan fingerprint density at radius 2 is 1.96 bits per heavy atom. The second-order valence-corrected chi connectivity index (χ2v) is 7.41. The maximum atomic E-state index is 13.0. The van der Waals surface area contributed by atoms with E-state index >= 15 is 0 Å². The van der Waals surface area contributed by atoms with E-state index in [2.05, 4.69) is 5.32 Å². The number of carbonyl (C=O) groups is 2. The normalized spacial score (nSPS) is 23.9. The first-order valence-electron chi connectivity index (χ1n) is 9.85. The molecular formula is C21H30N2O3. The molecule has 26 heavy (non-hydrogen) atoms. The molecule has 1 aliphatic heterocycles. The van der Waals surface area contributed by atoms with Gasteiger partial charge in [0.1, 0.15) is 5.75 Å². The van der Waals surface area contributed by atoms with Crippen LogP contribution in [0.1, 0.15) is 57.1 Å². The summed E-state index contributed by atoms with van der Waals surface area (Å²) in [6, 6.07) is 7.47. The van der Waals surface area contributed by atoms with Gasteiger partial charge in [0, 0.05) is 25.1 Å². The van der Waals surface area contributed by atoms with Crippen LogP contribution in [0.4, 0.5) is 0 Å². The zero-order chi connectivity index (χ0) is 18.5. The SMILES string of the molecule is CCN1C(=O)CC[C@@H](C(=O)NCC2CCCC2)[C@@H]1c1ccccc1OC. The van der Waals surface area contributed by atoms with Gasteiger partial charge in [-0.15, -0.1) is 0 Å². The highest BCUT2D eigenvalue weighted by atomic mass is 16.5. The Hall–Kier alpha value is -2.04. The van der Waals surface area contributed by atoms with E-state index in [4.69, 9.17) is 4.74 Å². The summed E-state index contributed by atoms with van der Waals surface area (Å²) in [7, 11) is 1.63. The third-order valence-electron chi connectivity index (χ3n) is 5.88. The predicted molar refractivity (Wildman–Crippen MR) is 101 cm³/mol. The first kappa shape index (κ1) is 18.7. The van der Waals surface area contributed by atoms with Gasteiger partial charge in [-0.05, 0) is 38.2 Å². The summed E-state index contributed by atoms with van der Waals surface area (Å²) in [5.41, 5.74) is 0.922. The number of piperidine rings is 1. The van der Waals surface area contributed by atoms with E-state index in [1.165, 1.54) is 25.7 Å². The number of carbonyl (C=O) groups excluding carboxylic acids is 2. The average molecular weight is 358 g/mol. The maximum absolute atomic E-state index is 13.0. The topological polar surface area (TPSA) is 58.6 Å². The van der Waals surface area contributed by atoms with Crippen LogP contribution in [0.2, 0.25) is 0 Å². The molecule has 3 rings (SSSR count). The van der Waals surface area contributed by atoms with Crippen molar-refractivity contribution in [3.8, 4) is 5.75 Å². The van der Waals surface area contributed by atoms with Crippen LogP contribution in [0.15, 0.2) is 24.3 Å². The van der Waals surface area contributed by atoms with E-state index in [0.29, 0.717) is 25.3 Å². The summed E-state index contributed by atoms with van der Waals surface area (Å²) in [5.74, 6) is 1.29. The van der Waals surface area contributed by atoms with Crippen molar-refractivity contribution in [3.63, 3.8) is 0 Å². The lowest BCUT2D eigenvalue weighted by molar-refractivity contribution is -0.143. The van der Waals surface area contributed by atoms with Gasteiger partial charge in [0.05, 0.1) is 19.1 Å². The lowest BCUT2D eigenvalue weighted by Gasteiger charge is -2.40. The Balaban J connectivity index is 1.83. The lowest BCUT2D eigenvalue weighted by Crippen LogP contribution is -2.48. The van der Waals surface area contributed by atoms with Crippen molar-refractivity contribution in [2.45, 2.75) is 51.5 Å². The molecule has 0 spiro atoms. The Bertz CT molecular complexity index is 640. The number of nitrogens with one attached hydrogen (secondary N) is 1. The van der Waals surface area contributed by atoms with Crippen LogP contribution in [0.5, 0.6) is 5.75 Å². The van der Waals surface area contributed by atoms with Gasteiger partial charge in [-0.3, -0.25) is 9.59 Å². The van der Waals surface area contributed by atoms with Gasteiger partial charge in [0.15, 0.2) is 0 Å². The molecule has 2 fully saturated rings. The highest BCUT2D eigenvalue weighted by molar-refractivity contribution is 5.85. The van der Waals surface area contributed by atoms with E-state index in [9.17, 15) is 9.59 Å². The molecule has 1 N–H and O–H groups in total. The summed E-state index contributed by atoms with van der Waals surface area (Å²) < 4.78 is 5.53. The standard InChI is InChI=1S/C21H30N2O3/c1-3-23-19(24)13-12-17(21(25)22-14-15-8-4-5-9-15)20(23)16-10-6-7-11-18(16)26-2/h6-7,10-11,15,17,20H,3-5,8-9,12-14H2,1-2H3,(H,22,25)/t17-,20+/m1/s1. The lowest BCUT2D eigenvalue weighted by atomic mass is 9.83.